The Morgan fingerprint density at radius 1 is 1.17 bits per heavy atom. The number of guanidine groups is 1. The molecule has 0 unspecified atom stereocenters. The molecule has 0 fully saturated rings. The maximum atomic E-state index is 11.8. The standard InChI is InChI=1S/C21H27ClN4O2.HI/c1-4-24-21(26-14-17-8-9-18(22)13-19(17)28-3)25-11-10-15-6-5-7-16(12-15)20(27)23-2;/h5-9,12-13H,4,10-11,14H2,1-3H3,(H,23,27)(H2,24,25,26);1H. The Bertz CT molecular complexity index is 830. The van der Waals surface area contributed by atoms with Gasteiger partial charge in [0.05, 0.1) is 13.7 Å². The summed E-state index contributed by atoms with van der Waals surface area (Å²) in [5.41, 5.74) is 2.71. The molecule has 0 radical (unpaired) electrons. The number of nitrogens with one attached hydrogen (secondary N) is 3. The Labute approximate surface area is 194 Å². The van der Waals surface area contributed by atoms with E-state index in [2.05, 4.69) is 20.9 Å². The number of benzene rings is 2. The Kier molecular flexibility index (Phi) is 11.5. The molecule has 0 aliphatic carbocycles. The summed E-state index contributed by atoms with van der Waals surface area (Å²) in [6.07, 6.45) is 0.777. The molecule has 0 saturated heterocycles. The van der Waals surface area contributed by atoms with E-state index in [1.165, 1.54) is 0 Å². The van der Waals surface area contributed by atoms with Crippen molar-refractivity contribution in [2.24, 2.45) is 4.99 Å². The average molecular weight is 531 g/mol. The van der Waals surface area contributed by atoms with E-state index in [-0.39, 0.29) is 29.9 Å². The van der Waals surface area contributed by atoms with Crippen molar-refractivity contribution in [3.8, 4) is 5.75 Å². The van der Waals surface area contributed by atoms with Crippen LogP contribution >= 0.6 is 35.6 Å². The predicted octanol–water partition coefficient (Wildman–Crippen LogP) is 3.62. The third kappa shape index (κ3) is 8.10. The van der Waals surface area contributed by atoms with Crippen molar-refractivity contribution < 1.29 is 9.53 Å². The van der Waals surface area contributed by atoms with Gasteiger partial charge >= 0.3 is 0 Å². The van der Waals surface area contributed by atoms with E-state index in [1.54, 1.807) is 26.3 Å². The van der Waals surface area contributed by atoms with Crippen LogP contribution in [0.25, 0.3) is 0 Å². The molecule has 2 rings (SSSR count). The number of hydrogen-bond donors (Lipinski definition) is 3. The SMILES string of the molecule is CCNC(=NCc1ccc(Cl)cc1OC)NCCc1cccc(C(=O)NC)c1.I. The van der Waals surface area contributed by atoms with Crippen LogP contribution in [0.3, 0.4) is 0 Å². The molecule has 0 bridgehead atoms. The third-order valence-electron chi connectivity index (χ3n) is 4.12. The second-order valence-electron chi connectivity index (χ2n) is 6.11. The summed E-state index contributed by atoms with van der Waals surface area (Å²) in [6, 6.07) is 13.1. The molecule has 0 spiro atoms. The Balaban J connectivity index is 0.00000420. The van der Waals surface area contributed by atoms with Crippen molar-refractivity contribution in [1.82, 2.24) is 16.0 Å². The van der Waals surface area contributed by atoms with Gasteiger partial charge in [-0.2, -0.15) is 0 Å². The van der Waals surface area contributed by atoms with Crippen molar-refractivity contribution in [2.75, 3.05) is 27.2 Å². The van der Waals surface area contributed by atoms with Gasteiger partial charge in [-0.3, -0.25) is 4.79 Å². The average Bonchev–Trinajstić information content (AvgIpc) is 2.72. The fourth-order valence-corrected chi connectivity index (χ4v) is 2.85. The maximum absolute atomic E-state index is 11.8. The van der Waals surface area contributed by atoms with Gasteiger partial charge in [-0.1, -0.05) is 29.8 Å². The number of methoxy groups -OCH3 is 1. The molecular weight excluding hydrogens is 503 g/mol. The minimum Gasteiger partial charge on any atom is -0.496 e. The molecule has 2 aromatic rings. The summed E-state index contributed by atoms with van der Waals surface area (Å²) < 4.78 is 5.37. The van der Waals surface area contributed by atoms with Crippen LogP contribution in [-0.2, 0) is 13.0 Å². The van der Waals surface area contributed by atoms with Gasteiger partial charge in [-0.15, -0.1) is 24.0 Å². The van der Waals surface area contributed by atoms with Crippen LogP contribution in [0.2, 0.25) is 5.02 Å². The van der Waals surface area contributed by atoms with Crippen molar-refractivity contribution in [3.05, 3.63) is 64.2 Å². The Hall–Kier alpha value is -2.00. The zero-order valence-electron chi connectivity index (χ0n) is 16.9. The van der Waals surface area contributed by atoms with Crippen LogP contribution in [-0.4, -0.2) is 39.1 Å². The molecule has 0 saturated carbocycles. The van der Waals surface area contributed by atoms with Crippen LogP contribution in [0.15, 0.2) is 47.5 Å². The van der Waals surface area contributed by atoms with E-state index >= 15 is 0 Å². The van der Waals surface area contributed by atoms with Crippen molar-refractivity contribution in [3.63, 3.8) is 0 Å². The van der Waals surface area contributed by atoms with Gasteiger partial charge in [0.25, 0.3) is 5.91 Å². The van der Waals surface area contributed by atoms with E-state index in [0.717, 1.165) is 35.8 Å². The number of rotatable bonds is 8. The lowest BCUT2D eigenvalue weighted by Crippen LogP contribution is -2.38. The molecule has 8 heteroatoms. The first-order valence-corrected chi connectivity index (χ1v) is 9.60. The first-order valence-electron chi connectivity index (χ1n) is 9.23. The molecule has 0 aliphatic rings. The lowest BCUT2D eigenvalue weighted by molar-refractivity contribution is 0.0963. The molecule has 1 amide bonds. The second kappa shape index (κ2) is 13.3. The summed E-state index contributed by atoms with van der Waals surface area (Å²) >= 11 is 6.01. The molecule has 2 aromatic carbocycles. The summed E-state index contributed by atoms with van der Waals surface area (Å²) in [7, 11) is 3.25. The lowest BCUT2D eigenvalue weighted by Gasteiger charge is -2.12. The molecule has 158 valence electrons. The fourth-order valence-electron chi connectivity index (χ4n) is 2.69. The van der Waals surface area contributed by atoms with E-state index in [1.807, 2.05) is 37.3 Å². The zero-order valence-corrected chi connectivity index (χ0v) is 20.0. The quantitative estimate of drug-likeness (QED) is 0.277. The number of carbonyl (C=O) groups is 1. The second-order valence-corrected chi connectivity index (χ2v) is 6.54. The highest BCUT2D eigenvalue weighted by atomic mass is 127. The predicted molar refractivity (Wildman–Crippen MR) is 130 cm³/mol. The Morgan fingerprint density at radius 2 is 1.97 bits per heavy atom. The molecule has 6 nitrogen and oxygen atoms in total. The molecule has 0 aromatic heterocycles. The van der Waals surface area contributed by atoms with E-state index < -0.39 is 0 Å². The summed E-state index contributed by atoms with van der Waals surface area (Å²) in [5, 5.41) is 9.83. The van der Waals surface area contributed by atoms with Crippen molar-refractivity contribution >= 4 is 47.4 Å². The summed E-state index contributed by atoms with van der Waals surface area (Å²) in [4.78, 5) is 16.4. The number of ether oxygens (including phenoxy) is 1. The number of aliphatic imine (C=N–C) groups is 1. The third-order valence-corrected chi connectivity index (χ3v) is 4.36. The molecule has 29 heavy (non-hydrogen) atoms. The molecule has 3 N–H and O–H groups in total. The van der Waals surface area contributed by atoms with Crippen LogP contribution in [0.5, 0.6) is 5.75 Å². The van der Waals surface area contributed by atoms with E-state index in [4.69, 9.17) is 16.3 Å². The van der Waals surface area contributed by atoms with Crippen molar-refractivity contribution in [1.29, 1.82) is 0 Å². The summed E-state index contributed by atoms with van der Waals surface area (Å²) in [6.45, 7) is 3.95. The highest BCUT2D eigenvalue weighted by molar-refractivity contribution is 14.0. The monoisotopic (exact) mass is 530 g/mol. The number of hydrogen-bond acceptors (Lipinski definition) is 3. The van der Waals surface area contributed by atoms with E-state index in [0.29, 0.717) is 23.7 Å². The molecule has 0 heterocycles. The zero-order chi connectivity index (χ0) is 20.4. The van der Waals surface area contributed by atoms with Crippen LogP contribution in [0.1, 0.15) is 28.4 Å². The summed E-state index contributed by atoms with van der Waals surface area (Å²) in [5.74, 6) is 1.36. The van der Waals surface area contributed by atoms with Crippen LogP contribution in [0, 0.1) is 0 Å². The minimum absolute atomic E-state index is 0. The number of amides is 1. The molecular formula is C21H28ClIN4O2. The first kappa shape index (κ1) is 25.0. The van der Waals surface area contributed by atoms with Gasteiger partial charge in [0.15, 0.2) is 5.96 Å². The lowest BCUT2D eigenvalue weighted by atomic mass is 10.1. The Morgan fingerprint density at radius 3 is 2.66 bits per heavy atom. The number of carbonyl (C=O) groups excluding carboxylic acids is 1. The van der Waals surface area contributed by atoms with Gasteiger partial charge in [-0.05, 0) is 43.2 Å². The smallest absolute Gasteiger partial charge is 0.251 e. The highest BCUT2D eigenvalue weighted by Crippen LogP contribution is 2.23. The largest absolute Gasteiger partial charge is 0.496 e. The van der Waals surface area contributed by atoms with Crippen LogP contribution in [0.4, 0.5) is 0 Å². The van der Waals surface area contributed by atoms with Crippen molar-refractivity contribution in [2.45, 2.75) is 19.9 Å². The minimum atomic E-state index is -0.0818. The van der Waals surface area contributed by atoms with Gasteiger partial charge in [0.1, 0.15) is 5.75 Å². The fraction of sp³-hybridized carbons (Fsp3) is 0.333. The number of halogens is 2. The first-order chi connectivity index (χ1) is 13.6. The van der Waals surface area contributed by atoms with Gasteiger partial charge in [-0.25, -0.2) is 4.99 Å². The van der Waals surface area contributed by atoms with E-state index in [9.17, 15) is 4.79 Å². The normalized spacial score (nSPS) is 10.7. The maximum Gasteiger partial charge on any atom is 0.251 e. The number of nitrogens with zero attached hydrogens (tertiary/aromatic N) is 1. The highest BCUT2D eigenvalue weighted by Gasteiger charge is 2.06. The van der Waals surface area contributed by atoms with Gasteiger partial charge < -0.3 is 20.7 Å². The molecule has 0 aliphatic heterocycles. The van der Waals surface area contributed by atoms with Gasteiger partial charge in [0.2, 0.25) is 0 Å². The van der Waals surface area contributed by atoms with Crippen LogP contribution < -0.4 is 20.7 Å². The molecule has 0 atom stereocenters. The van der Waals surface area contributed by atoms with Gasteiger partial charge in [0, 0.05) is 36.3 Å². The topological polar surface area (TPSA) is 74.8 Å².